The molecule has 1 atom stereocenters. The second-order valence-corrected chi connectivity index (χ2v) is 3.69. The van der Waals surface area contributed by atoms with Crippen molar-refractivity contribution in [3.8, 4) is 0 Å². The van der Waals surface area contributed by atoms with Gasteiger partial charge in [0.2, 0.25) is 0 Å². The van der Waals surface area contributed by atoms with E-state index in [4.69, 9.17) is 0 Å². The molecule has 0 bridgehead atoms. The van der Waals surface area contributed by atoms with Crippen LogP contribution in [-0.2, 0) is 0 Å². The summed E-state index contributed by atoms with van der Waals surface area (Å²) in [6.45, 7) is 3.82. The van der Waals surface area contributed by atoms with Gasteiger partial charge in [-0.05, 0) is 19.2 Å². The highest BCUT2D eigenvalue weighted by molar-refractivity contribution is 7.51. The Hall–Kier alpha value is 0.360. The Labute approximate surface area is 52.4 Å². The molecule has 0 amide bonds. The SMILES string of the molecule is CCCCCP(C)F. The minimum Gasteiger partial charge on any atom is -0.227 e. The van der Waals surface area contributed by atoms with E-state index in [9.17, 15) is 4.20 Å². The van der Waals surface area contributed by atoms with Gasteiger partial charge in [0.15, 0.2) is 0 Å². The molecular formula is C6H14FP. The molecule has 0 aliphatic heterocycles. The van der Waals surface area contributed by atoms with Gasteiger partial charge in [0.25, 0.3) is 0 Å². The Morgan fingerprint density at radius 1 is 1.38 bits per heavy atom. The molecule has 1 unspecified atom stereocenters. The molecule has 50 valence electrons. The van der Waals surface area contributed by atoms with E-state index in [0.29, 0.717) is 0 Å². The van der Waals surface area contributed by atoms with E-state index in [0.717, 1.165) is 12.6 Å². The predicted molar refractivity (Wildman–Crippen MR) is 38.3 cm³/mol. The molecule has 0 aliphatic carbocycles. The third-order valence-corrected chi connectivity index (χ3v) is 2.00. The molecule has 0 rings (SSSR count). The van der Waals surface area contributed by atoms with Gasteiger partial charge in [-0.2, -0.15) is 0 Å². The summed E-state index contributed by atoms with van der Waals surface area (Å²) in [5.41, 5.74) is 0. The lowest BCUT2D eigenvalue weighted by Crippen LogP contribution is -1.77. The summed E-state index contributed by atoms with van der Waals surface area (Å²) in [6.07, 6.45) is 4.28. The molecule has 0 aromatic carbocycles. The van der Waals surface area contributed by atoms with E-state index in [1.165, 1.54) is 12.8 Å². The average Bonchev–Trinajstić information content (AvgIpc) is 1.66. The fourth-order valence-corrected chi connectivity index (χ4v) is 1.24. The van der Waals surface area contributed by atoms with Gasteiger partial charge in [0.1, 0.15) is 0 Å². The topological polar surface area (TPSA) is 0 Å². The second-order valence-electron chi connectivity index (χ2n) is 2.04. The van der Waals surface area contributed by atoms with E-state index in [-0.39, 0.29) is 0 Å². The molecular weight excluding hydrogens is 122 g/mol. The maximum Gasteiger partial charge on any atom is 0.0781 e. The van der Waals surface area contributed by atoms with Crippen molar-refractivity contribution in [3.63, 3.8) is 0 Å². The summed E-state index contributed by atoms with van der Waals surface area (Å²) in [4.78, 5) is 0. The number of unbranched alkanes of at least 4 members (excludes halogenated alkanes) is 2. The van der Waals surface area contributed by atoms with E-state index >= 15 is 0 Å². The molecule has 0 aromatic heterocycles. The number of hydrogen-bond acceptors (Lipinski definition) is 0. The first-order valence-electron chi connectivity index (χ1n) is 3.14. The fraction of sp³-hybridized carbons (Fsp3) is 1.00. The standard InChI is InChI=1S/C6H14FP/c1-3-4-5-6-8(2)7/h3-6H2,1-2H3. The molecule has 0 radical (unpaired) electrons. The lowest BCUT2D eigenvalue weighted by molar-refractivity contribution is 0.762. The van der Waals surface area contributed by atoms with Gasteiger partial charge in [0, 0.05) is 0 Å². The lowest BCUT2D eigenvalue weighted by Gasteiger charge is -1.97. The predicted octanol–water partition coefficient (Wildman–Crippen LogP) is 3.17. The van der Waals surface area contributed by atoms with Crippen LogP contribution >= 0.6 is 8.23 Å². The number of rotatable bonds is 4. The molecule has 0 nitrogen and oxygen atoms in total. The molecule has 2 heteroatoms. The first kappa shape index (κ1) is 8.36. The van der Waals surface area contributed by atoms with Crippen molar-refractivity contribution in [2.24, 2.45) is 0 Å². The average molecular weight is 136 g/mol. The normalized spacial score (nSPS) is 13.9. The van der Waals surface area contributed by atoms with Gasteiger partial charge in [0.05, 0.1) is 8.23 Å². The molecule has 0 saturated carbocycles. The summed E-state index contributed by atoms with van der Waals surface area (Å²) < 4.78 is 12.1. The number of halogens is 1. The number of hydrogen-bond donors (Lipinski definition) is 0. The summed E-state index contributed by atoms with van der Waals surface area (Å²) in [6, 6.07) is 0. The first-order valence-corrected chi connectivity index (χ1v) is 5.00. The lowest BCUT2D eigenvalue weighted by atomic mass is 10.3. The fourth-order valence-electron chi connectivity index (χ4n) is 0.580. The highest BCUT2D eigenvalue weighted by Gasteiger charge is 1.94. The highest BCUT2D eigenvalue weighted by Crippen LogP contribution is 2.32. The van der Waals surface area contributed by atoms with Crippen LogP contribution in [0.4, 0.5) is 4.20 Å². The van der Waals surface area contributed by atoms with Crippen LogP contribution in [0.15, 0.2) is 0 Å². The van der Waals surface area contributed by atoms with Gasteiger partial charge in [-0.3, -0.25) is 0 Å². The summed E-state index contributed by atoms with van der Waals surface area (Å²) in [5, 5.41) is 0. The summed E-state index contributed by atoms with van der Waals surface area (Å²) in [5.74, 6) is 0. The third-order valence-electron chi connectivity index (χ3n) is 1.07. The zero-order valence-electron chi connectivity index (χ0n) is 5.65. The van der Waals surface area contributed by atoms with Crippen molar-refractivity contribution < 1.29 is 4.20 Å². The van der Waals surface area contributed by atoms with Gasteiger partial charge >= 0.3 is 0 Å². The summed E-state index contributed by atoms with van der Waals surface area (Å²) >= 11 is 0. The third kappa shape index (κ3) is 6.36. The van der Waals surface area contributed by atoms with Crippen molar-refractivity contribution in [1.82, 2.24) is 0 Å². The largest absolute Gasteiger partial charge is 0.227 e. The Morgan fingerprint density at radius 2 is 2.00 bits per heavy atom. The Bertz CT molecular complexity index is 45.8. The monoisotopic (exact) mass is 136 g/mol. The molecule has 0 aromatic rings. The van der Waals surface area contributed by atoms with E-state index in [2.05, 4.69) is 6.92 Å². The molecule has 0 N–H and O–H groups in total. The maximum atomic E-state index is 12.1. The van der Waals surface area contributed by atoms with E-state index < -0.39 is 8.23 Å². The van der Waals surface area contributed by atoms with Crippen LogP contribution in [0.5, 0.6) is 0 Å². The minimum absolute atomic E-state index is 0.809. The van der Waals surface area contributed by atoms with Crippen LogP contribution in [0.2, 0.25) is 0 Å². The van der Waals surface area contributed by atoms with Crippen LogP contribution in [0.3, 0.4) is 0 Å². The van der Waals surface area contributed by atoms with Crippen molar-refractivity contribution >= 4 is 8.23 Å². The Kier molecular flexibility index (Phi) is 5.74. The van der Waals surface area contributed by atoms with Crippen LogP contribution in [0.25, 0.3) is 0 Å². The van der Waals surface area contributed by atoms with Gasteiger partial charge < -0.3 is 0 Å². The van der Waals surface area contributed by atoms with Crippen LogP contribution < -0.4 is 0 Å². The molecule has 0 fully saturated rings. The van der Waals surface area contributed by atoms with Gasteiger partial charge in [-0.25, -0.2) is 4.20 Å². The zero-order chi connectivity index (χ0) is 6.41. The first-order chi connectivity index (χ1) is 3.77. The second kappa shape index (κ2) is 5.50. The van der Waals surface area contributed by atoms with E-state index in [1.54, 1.807) is 6.66 Å². The van der Waals surface area contributed by atoms with Crippen molar-refractivity contribution in [2.75, 3.05) is 12.8 Å². The van der Waals surface area contributed by atoms with Crippen molar-refractivity contribution in [1.29, 1.82) is 0 Å². The Balaban J connectivity index is 2.72. The Morgan fingerprint density at radius 3 is 2.38 bits per heavy atom. The molecule has 8 heavy (non-hydrogen) atoms. The molecule has 0 saturated heterocycles. The van der Waals surface area contributed by atoms with Gasteiger partial charge in [-0.1, -0.05) is 19.8 Å². The van der Waals surface area contributed by atoms with Crippen molar-refractivity contribution in [2.45, 2.75) is 26.2 Å². The van der Waals surface area contributed by atoms with E-state index in [1.807, 2.05) is 0 Å². The molecule has 0 aliphatic rings. The van der Waals surface area contributed by atoms with Crippen LogP contribution in [0, 0.1) is 0 Å². The van der Waals surface area contributed by atoms with Crippen molar-refractivity contribution in [3.05, 3.63) is 0 Å². The van der Waals surface area contributed by atoms with Crippen LogP contribution in [0.1, 0.15) is 26.2 Å². The highest BCUT2D eigenvalue weighted by atomic mass is 31.2. The molecule has 0 heterocycles. The summed E-state index contributed by atoms with van der Waals surface area (Å²) in [7, 11) is -1.11. The zero-order valence-corrected chi connectivity index (χ0v) is 6.55. The minimum atomic E-state index is -1.11. The van der Waals surface area contributed by atoms with Crippen LogP contribution in [-0.4, -0.2) is 12.8 Å². The smallest absolute Gasteiger partial charge is 0.0781 e. The maximum absolute atomic E-state index is 12.1. The quantitative estimate of drug-likeness (QED) is 0.411. The van der Waals surface area contributed by atoms with Gasteiger partial charge in [-0.15, -0.1) is 0 Å². The molecule has 0 spiro atoms.